The number of nitrogen functional groups attached to an aromatic ring is 1. The molecule has 0 unspecified atom stereocenters. The quantitative estimate of drug-likeness (QED) is 0.383. The highest BCUT2D eigenvalue weighted by Crippen LogP contribution is 2.31. The second kappa shape index (κ2) is 5.14. The van der Waals surface area contributed by atoms with Crippen molar-refractivity contribution in [3.05, 3.63) is 23.1 Å². The maximum absolute atomic E-state index is 10.1. The van der Waals surface area contributed by atoms with Crippen LogP contribution in [0.1, 0.15) is 6.23 Å². The summed E-state index contributed by atoms with van der Waals surface area (Å²) in [4.78, 5) is 14.5. The molecule has 0 amide bonds. The average Bonchev–Trinajstić information content (AvgIpc) is 3.02. The monoisotopic (exact) mass is 292 g/mol. The van der Waals surface area contributed by atoms with Crippen molar-refractivity contribution in [3.8, 4) is 0 Å². The summed E-state index contributed by atoms with van der Waals surface area (Å²) in [6, 6.07) is 0. The molecule has 0 bridgehead atoms. The van der Waals surface area contributed by atoms with Gasteiger partial charge >= 0.3 is 0 Å². The molecular weight excluding hydrogens is 280 g/mol. The van der Waals surface area contributed by atoms with E-state index in [1.54, 1.807) is 0 Å². The molecular formula is C10H12N8O3. The Morgan fingerprint density at radius 1 is 1.38 bits per heavy atom. The van der Waals surface area contributed by atoms with E-state index >= 15 is 0 Å². The summed E-state index contributed by atoms with van der Waals surface area (Å²) < 4.78 is 6.99. The van der Waals surface area contributed by atoms with Crippen LogP contribution in [0.5, 0.6) is 0 Å². The Labute approximate surface area is 117 Å². The number of hydrogen-bond donors (Lipinski definition) is 3. The molecule has 0 aliphatic carbocycles. The van der Waals surface area contributed by atoms with E-state index < -0.39 is 24.5 Å². The maximum atomic E-state index is 10.1. The summed E-state index contributed by atoms with van der Waals surface area (Å²) in [5, 5.41) is 23.4. The first-order valence-corrected chi connectivity index (χ1v) is 6.09. The number of azide groups is 1. The standard InChI is InChI=1S/C10H12N8O3/c11-8-5-9(14-2-13-8)18(3-15-5)10-7(20)6(19)4(21-10)1-16-17-12/h2-4,6-7,10,19-20H,1H2,(H2,11,13,14)/t4-,6-,7-,10+/m1/s1. The van der Waals surface area contributed by atoms with E-state index in [2.05, 4.69) is 25.0 Å². The van der Waals surface area contributed by atoms with Crippen LogP contribution < -0.4 is 5.73 Å². The van der Waals surface area contributed by atoms with Gasteiger partial charge in [0.05, 0.1) is 19.0 Å². The minimum absolute atomic E-state index is 0.0883. The van der Waals surface area contributed by atoms with Gasteiger partial charge in [-0.15, -0.1) is 0 Å². The largest absolute Gasteiger partial charge is 0.388 e. The molecule has 21 heavy (non-hydrogen) atoms. The van der Waals surface area contributed by atoms with Gasteiger partial charge in [-0.3, -0.25) is 4.57 Å². The number of aliphatic hydroxyl groups excluding tert-OH is 2. The Balaban J connectivity index is 1.95. The van der Waals surface area contributed by atoms with Gasteiger partial charge in [0.15, 0.2) is 17.7 Å². The van der Waals surface area contributed by atoms with Gasteiger partial charge < -0.3 is 20.7 Å². The van der Waals surface area contributed by atoms with Gasteiger partial charge in [-0.05, 0) is 5.53 Å². The molecule has 11 nitrogen and oxygen atoms in total. The Kier molecular flexibility index (Phi) is 3.31. The van der Waals surface area contributed by atoms with Crippen molar-refractivity contribution in [2.45, 2.75) is 24.5 Å². The summed E-state index contributed by atoms with van der Waals surface area (Å²) in [5.41, 5.74) is 14.8. The number of ether oxygens (including phenoxy) is 1. The Hall–Kier alpha value is -2.46. The topological polar surface area (TPSA) is 168 Å². The van der Waals surface area contributed by atoms with Gasteiger partial charge in [-0.1, -0.05) is 5.11 Å². The molecule has 3 heterocycles. The first kappa shape index (κ1) is 13.5. The lowest BCUT2D eigenvalue weighted by molar-refractivity contribution is -0.0321. The zero-order valence-corrected chi connectivity index (χ0v) is 10.7. The first-order chi connectivity index (χ1) is 10.1. The number of nitrogens with zero attached hydrogens (tertiary/aromatic N) is 7. The number of fused-ring (bicyclic) bond motifs is 1. The second-order valence-electron chi connectivity index (χ2n) is 4.54. The number of hydrogen-bond acceptors (Lipinski definition) is 8. The Morgan fingerprint density at radius 2 is 2.19 bits per heavy atom. The third-order valence-corrected chi connectivity index (χ3v) is 3.32. The van der Waals surface area contributed by atoms with Crippen molar-refractivity contribution in [2.75, 3.05) is 12.3 Å². The average molecular weight is 292 g/mol. The van der Waals surface area contributed by atoms with Crippen molar-refractivity contribution >= 4 is 17.0 Å². The molecule has 0 aromatic carbocycles. The molecule has 1 fully saturated rings. The predicted octanol–water partition coefficient (Wildman–Crippen LogP) is -0.662. The molecule has 0 radical (unpaired) electrons. The number of rotatable bonds is 3. The molecule has 1 saturated heterocycles. The van der Waals surface area contributed by atoms with Crippen LogP contribution in [-0.4, -0.2) is 54.6 Å². The Morgan fingerprint density at radius 3 is 2.95 bits per heavy atom. The lowest BCUT2D eigenvalue weighted by Crippen LogP contribution is -2.32. The lowest BCUT2D eigenvalue weighted by atomic mass is 10.1. The Bertz CT molecular complexity index is 711. The number of imidazole rings is 1. The molecule has 0 spiro atoms. The highest BCUT2D eigenvalue weighted by molar-refractivity contribution is 5.81. The van der Waals surface area contributed by atoms with Gasteiger partial charge in [0, 0.05) is 4.91 Å². The van der Waals surface area contributed by atoms with E-state index in [4.69, 9.17) is 16.0 Å². The van der Waals surface area contributed by atoms with Gasteiger partial charge in [-0.2, -0.15) is 0 Å². The predicted molar refractivity (Wildman–Crippen MR) is 69.7 cm³/mol. The van der Waals surface area contributed by atoms with Crippen LogP contribution >= 0.6 is 0 Å². The van der Waals surface area contributed by atoms with Crippen LogP contribution in [0, 0.1) is 0 Å². The zero-order chi connectivity index (χ0) is 15.0. The van der Waals surface area contributed by atoms with Crippen molar-refractivity contribution in [3.63, 3.8) is 0 Å². The van der Waals surface area contributed by atoms with Gasteiger partial charge in [0.1, 0.15) is 24.1 Å². The smallest absolute Gasteiger partial charge is 0.167 e. The fourth-order valence-electron chi connectivity index (χ4n) is 2.28. The molecule has 110 valence electrons. The molecule has 4 atom stereocenters. The lowest BCUT2D eigenvalue weighted by Gasteiger charge is -2.16. The highest BCUT2D eigenvalue weighted by Gasteiger charge is 2.43. The van der Waals surface area contributed by atoms with E-state index in [-0.39, 0.29) is 12.4 Å². The molecule has 2 aromatic rings. The van der Waals surface area contributed by atoms with Crippen LogP contribution in [-0.2, 0) is 4.74 Å². The number of aromatic nitrogens is 4. The van der Waals surface area contributed by atoms with E-state index in [9.17, 15) is 10.2 Å². The fraction of sp³-hybridized carbons (Fsp3) is 0.500. The fourth-order valence-corrected chi connectivity index (χ4v) is 2.28. The maximum Gasteiger partial charge on any atom is 0.167 e. The second-order valence-corrected chi connectivity index (χ2v) is 4.54. The summed E-state index contributed by atoms with van der Waals surface area (Å²) in [7, 11) is 0. The van der Waals surface area contributed by atoms with Gasteiger partial charge in [0.2, 0.25) is 0 Å². The molecule has 1 aliphatic rings. The SMILES string of the molecule is [N-]=[N+]=NC[C@H]1O[C@H](n2cnc3c(N)ncnc32)[C@H](O)[C@@H]1O. The van der Waals surface area contributed by atoms with Crippen LogP contribution in [0.25, 0.3) is 21.6 Å². The highest BCUT2D eigenvalue weighted by atomic mass is 16.6. The van der Waals surface area contributed by atoms with Crippen LogP contribution in [0.2, 0.25) is 0 Å². The van der Waals surface area contributed by atoms with Crippen molar-refractivity contribution in [1.29, 1.82) is 0 Å². The molecule has 11 heteroatoms. The van der Waals surface area contributed by atoms with E-state index in [0.717, 1.165) is 0 Å². The third-order valence-electron chi connectivity index (χ3n) is 3.32. The first-order valence-electron chi connectivity index (χ1n) is 6.09. The third kappa shape index (κ3) is 2.14. The number of anilines is 1. The number of nitrogens with two attached hydrogens (primary N) is 1. The van der Waals surface area contributed by atoms with Gasteiger partial charge in [0.25, 0.3) is 0 Å². The van der Waals surface area contributed by atoms with E-state index in [1.807, 2.05) is 0 Å². The summed E-state index contributed by atoms with van der Waals surface area (Å²) in [5.74, 6) is 0.206. The molecule has 0 saturated carbocycles. The molecule has 4 N–H and O–H groups in total. The minimum atomic E-state index is -1.21. The molecule has 2 aromatic heterocycles. The van der Waals surface area contributed by atoms with Crippen molar-refractivity contribution in [1.82, 2.24) is 19.5 Å². The van der Waals surface area contributed by atoms with E-state index in [1.165, 1.54) is 17.2 Å². The van der Waals surface area contributed by atoms with Crippen molar-refractivity contribution in [2.24, 2.45) is 5.11 Å². The normalized spacial score (nSPS) is 28.7. The summed E-state index contributed by atoms with van der Waals surface area (Å²) in [6.45, 7) is -0.0883. The number of aliphatic hydroxyl groups is 2. The van der Waals surface area contributed by atoms with Crippen LogP contribution in [0.15, 0.2) is 17.8 Å². The van der Waals surface area contributed by atoms with Crippen LogP contribution in [0.3, 0.4) is 0 Å². The summed E-state index contributed by atoms with van der Waals surface area (Å²) in [6.07, 6.45) is -1.44. The van der Waals surface area contributed by atoms with Gasteiger partial charge in [-0.25, -0.2) is 15.0 Å². The summed E-state index contributed by atoms with van der Waals surface area (Å²) >= 11 is 0. The molecule has 1 aliphatic heterocycles. The van der Waals surface area contributed by atoms with E-state index in [0.29, 0.717) is 11.2 Å². The van der Waals surface area contributed by atoms with Crippen molar-refractivity contribution < 1.29 is 14.9 Å². The minimum Gasteiger partial charge on any atom is -0.388 e. The van der Waals surface area contributed by atoms with Crippen LogP contribution in [0.4, 0.5) is 5.82 Å². The molecule has 3 rings (SSSR count). The zero-order valence-electron chi connectivity index (χ0n) is 10.7.